The monoisotopic (exact) mass is 421 g/mol. The number of halogens is 1. The van der Waals surface area contributed by atoms with E-state index in [9.17, 15) is 9.18 Å². The van der Waals surface area contributed by atoms with Gasteiger partial charge in [-0.3, -0.25) is 0 Å². The van der Waals surface area contributed by atoms with E-state index in [0.29, 0.717) is 41.0 Å². The maximum absolute atomic E-state index is 14.8. The molecule has 1 aromatic carbocycles. The van der Waals surface area contributed by atoms with Crippen molar-refractivity contribution in [1.29, 1.82) is 0 Å². The van der Waals surface area contributed by atoms with Crippen molar-refractivity contribution >= 4 is 27.3 Å². The second kappa shape index (κ2) is 8.96. The summed E-state index contributed by atoms with van der Waals surface area (Å²) in [6.45, 7) is 4.73. The third kappa shape index (κ3) is 5.07. The van der Waals surface area contributed by atoms with Gasteiger partial charge in [0.2, 0.25) is 0 Å². The molecule has 0 spiro atoms. The molecule has 2 aliphatic carbocycles. The first kappa shape index (κ1) is 20.5. The minimum absolute atomic E-state index is 0.197. The molecule has 2 aliphatic rings. The van der Waals surface area contributed by atoms with Gasteiger partial charge in [-0.15, -0.1) is 0 Å². The smallest absolute Gasteiger partial charge is 0.274 e. The van der Waals surface area contributed by atoms with Crippen molar-refractivity contribution in [3.05, 3.63) is 17.9 Å². The number of ether oxygens (including phenoxy) is 3. The van der Waals surface area contributed by atoms with Gasteiger partial charge in [0.25, 0.3) is 5.19 Å². The van der Waals surface area contributed by atoms with Gasteiger partial charge in [0, 0.05) is 13.0 Å². The molecule has 0 N–H and O–H groups in total. The van der Waals surface area contributed by atoms with Crippen LogP contribution in [0.5, 0.6) is 10.9 Å². The largest absolute Gasteiger partial charge is 0.490 e. The van der Waals surface area contributed by atoms with Gasteiger partial charge in [0.05, 0.1) is 22.9 Å². The molecule has 158 valence electrons. The Balaban J connectivity index is 1.24. The minimum Gasteiger partial charge on any atom is -0.490 e. The second-order valence-electron chi connectivity index (χ2n) is 8.49. The molecule has 1 aromatic heterocycles. The summed E-state index contributed by atoms with van der Waals surface area (Å²) in [5, 5.41) is 0.540. The lowest BCUT2D eigenvalue weighted by atomic mass is 9.83. The molecule has 5 nitrogen and oxygen atoms in total. The number of carbonyl (C=O) groups excluding carboxylic acids is 1. The molecule has 0 radical (unpaired) electrons. The Labute approximate surface area is 174 Å². The number of rotatable bonds is 10. The highest BCUT2D eigenvalue weighted by Crippen LogP contribution is 2.37. The number of benzene rings is 1. The summed E-state index contributed by atoms with van der Waals surface area (Å²) in [5.41, 5.74) is 0.617. The summed E-state index contributed by atoms with van der Waals surface area (Å²) in [6, 6.07) is 3.45. The highest BCUT2D eigenvalue weighted by atomic mass is 32.1. The van der Waals surface area contributed by atoms with Gasteiger partial charge in [0.15, 0.2) is 11.6 Å². The number of aromatic nitrogens is 1. The molecule has 1 heterocycles. The number of fused-ring (bicyclic) bond motifs is 1. The van der Waals surface area contributed by atoms with Crippen LogP contribution in [0.2, 0.25) is 0 Å². The lowest BCUT2D eigenvalue weighted by Gasteiger charge is -2.35. The van der Waals surface area contributed by atoms with Crippen LogP contribution >= 0.6 is 11.3 Å². The molecule has 29 heavy (non-hydrogen) atoms. The van der Waals surface area contributed by atoms with E-state index in [0.717, 1.165) is 25.7 Å². The van der Waals surface area contributed by atoms with Crippen molar-refractivity contribution in [1.82, 2.24) is 4.98 Å². The van der Waals surface area contributed by atoms with Crippen LogP contribution in [0, 0.1) is 17.7 Å². The number of thiazole rings is 1. The minimum atomic E-state index is -0.353. The van der Waals surface area contributed by atoms with Crippen molar-refractivity contribution in [2.75, 3.05) is 13.2 Å². The van der Waals surface area contributed by atoms with Crippen LogP contribution in [-0.4, -0.2) is 36.2 Å². The van der Waals surface area contributed by atoms with E-state index in [2.05, 4.69) is 4.98 Å². The summed E-state index contributed by atoms with van der Waals surface area (Å²) in [6.07, 6.45) is 6.13. The fraction of sp³-hybridized carbons (Fsp3) is 0.636. The number of nitrogens with zero attached hydrogens (tertiary/aromatic N) is 1. The van der Waals surface area contributed by atoms with Crippen molar-refractivity contribution < 1.29 is 23.4 Å². The van der Waals surface area contributed by atoms with Gasteiger partial charge in [-0.25, -0.2) is 9.37 Å². The first-order valence-corrected chi connectivity index (χ1v) is 11.3. The van der Waals surface area contributed by atoms with Gasteiger partial charge in [0.1, 0.15) is 11.9 Å². The third-order valence-electron chi connectivity index (χ3n) is 5.68. The molecule has 2 saturated carbocycles. The van der Waals surface area contributed by atoms with E-state index in [1.54, 1.807) is 19.1 Å². The standard InChI is InChI=1S/C22H28FNO4S/c1-13(8-14(2)25)11-26-17-9-15(10-17)12-27-19-7-6-18-21(20(19)23)29-22(24-18)28-16-4-3-5-16/h6-7,13,15-17H,3-5,8-12H2,1-2H3/t13-,15?,17?/m1/s1. The number of ketones is 1. The SMILES string of the molecule is CC(=O)C[C@@H](C)COC1CC(COc2ccc3nc(OC4CCC4)sc3c2F)C1. The Bertz CT molecular complexity index is 860. The summed E-state index contributed by atoms with van der Waals surface area (Å²) in [4.78, 5) is 15.5. The molecule has 0 amide bonds. The zero-order chi connectivity index (χ0) is 20.4. The molecular weight excluding hydrogens is 393 g/mol. The van der Waals surface area contributed by atoms with E-state index < -0.39 is 0 Å². The maximum atomic E-state index is 14.8. The predicted molar refractivity (Wildman–Crippen MR) is 110 cm³/mol. The lowest BCUT2D eigenvalue weighted by molar-refractivity contribution is -0.119. The number of hydrogen-bond acceptors (Lipinski definition) is 6. The normalized spacial score (nSPS) is 22.7. The van der Waals surface area contributed by atoms with Gasteiger partial charge >= 0.3 is 0 Å². The molecule has 0 unspecified atom stereocenters. The first-order chi connectivity index (χ1) is 14.0. The zero-order valence-corrected chi connectivity index (χ0v) is 17.8. The highest BCUT2D eigenvalue weighted by Gasteiger charge is 2.31. The molecule has 2 fully saturated rings. The van der Waals surface area contributed by atoms with Crippen LogP contribution in [0.25, 0.3) is 10.2 Å². The van der Waals surface area contributed by atoms with Gasteiger partial charge < -0.3 is 19.0 Å². The average molecular weight is 422 g/mol. The molecule has 7 heteroatoms. The predicted octanol–water partition coefficient (Wildman–Crippen LogP) is 5.16. The Kier molecular flexibility index (Phi) is 6.35. The summed E-state index contributed by atoms with van der Waals surface area (Å²) < 4.78 is 32.7. The van der Waals surface area contributed by atoms with Gasteiger partial charge in [-0.2, -0.15) is 0 Å². The van der Waals surface area contributed by atoms with Crippen LogP contribution in [0.4, 0.5) is 4.39 Å². The van der Waals surface area contributed by atoms with Gasteiger partial charge in [-0.05, 0) is 63.0 Å². The van der Waals surface area contributed by atoms with Crippen molar-refractivity contribution in [3.8, 4) is 10.9 Å². The van der Waals surface area contributed by atoms with Crippen molar-refractivity contribution in [3.63, 3.8) is 0 Å². The second-order valence-corrected chi connectivity index (χ2v) is 9.45. The fourth-order valence-corrected chi connectivity index (χ4v) is 4.63. The lowest BCUT2D eigenvalue weighted by Crippen LogP contribution is -2.36. The maximum Gasteiger partial charge on any atom is 0.274 e. The highest BCUT2D eigenvalue weighted by molar-refractivity contribution is 7.20. The van der Waals surface area contributed by atoms with E-state index >= 15 is 0 Å². The van der Waals surface area contributed by atoms with Crippen LogP contribution in [0.15, 0.2) is 12.1 Å². The average Bonchev–Trinajstić information content (AvgIpc) is 3.01. The molecule has 0 bridgehead atoms. The molecule has 0 saturated heterocycles. The van der Waals surface area contributed by atoms with Crippen molar-refractivity contribution in [2.24, 2.45) is 11.8 Å². The molecule has 0 aliphatic heterocycles. The Morgan fingerprint density at radius 3 is 2.79 bits per heavy atom. The third-order valence-corrected chi connectivity index (χ3v) is 6.64. The van der Waals surface area contributed by atoms with Gasteiger partial charge in [-0.1, -0.05) is 18.3 Å². The van der Waals surface area contributed by atoms with Crippen LogP contribution < -0.4 is 9.47 Å². The summed E-state index contributed by atoms with van der Waals surface area (Å²) >= 11 is 1.25. The number of carbonyl (C=O) groups is 1. The van der Waals surface area contributed by atoms with Crippen LogP contribution in [0.3, 0.4) is 0 Å². The molecular formula is C22H28FNO4S. The van der Waals surface area contributed by atoms with E-state index in [4.69, 9.17) is 14.2 Å². The Morgan fingerprint density at radius 1 is 1.31 bits per heavy atom. The fourth-order valence-electron chi connectivity index (χ4n) is 3.72. The Hall–Kier alpha value is -1.73. The molecule has 2 aromatic rings. The van der Waals surface area contributed by atoms with Crippen LogP contribution in [-0.2, 0) is 9.53 Å². The zero-order valence-electron chi connectivity index (χ0n) is 17.0. The van der Waals surface area contributed by atoms with Crippen molar-refractivity contribution in [2.45, 2.75) is 64.6 Å². The quantitative estimate of drug-likeness (QED) is 0.531. The van der Waals surface area contributed by atoms with E-state index in [1.165, 1.54) is 17.8 Å². The van der Waals surface area contributed by atoms with E-state index in [-0.39, 0.29) is 35.5 Å². The molecule has 4 rings (SSSR count). The summed E-state index contributed by atoms with van der Waals surface area (Å²) in [5.74, 6) is 0.741. The summed E-state index contributed by atoms with van der Waals surface area (Å²) in [7, 11) is 0. The van der Waals surface area contributed by atoms with E-state index in [1.807, 2.05) is 6.92 Å². The number of hydrogen-bond donors (Lipinski definition) is 0. The Morgan fingerprint density at radius 2 is 2.10 bits per heavy atom. The first-order valence-electron chi connectivity index (χ1n) is 10.5. The topological polar surface area (TPSA) is 57.7 Å². The van der Waals surface area contributed by atoms with Crippen LogP contribution in [0.1, 0.15) is 52.4 Å². The number of Topliss-reactive ketones (excluding diaryl/α,β-unsaturated/α-hetero) is 1. The molecule has 1 atom stereocenters.